The van der Waals surface area contributed by atoms with Crippen molar-refractivity contribution in [2.45, 2.75) is 30.6 Å². The second-order valence-electron chi connectivity index (χ2n) is 5.09. The molecule has 1 heterocycles. The van der Waals surface area contributed by atoms with Gasteiger partial charge in [-0.3, -0.25) is 14.4 Å². The summed E-state index contributed by atoms with van der Waals surface area (Å²) in [5.74, 6) is -0.869. The SMILES string of the molecule is O=C1CCCC(=O)C1C(=O)c1ccc2c(c1Br)CCS2. The molecule has 3 nitrogen and oxygen atoms in total. The van der Waals surface area contributed by atoms with E-state index in [0.717, 1.165) is 22.2 Å². The maximum absolute atomic E-state index is 12.6. The highest BCUT2D eigenvalue weighted by atomic mass is 79.9. The zero-order chi connectivity index (χ0) is 14.3. The Kier molecular flexibility index (Phi) is 3.82. The van der Waals surface area contributed by atoms with E-state index in [1.54, 1.807) is 17.8 Å². The average molecular weight is 353 g/mol. The highest BCUT2D eigenvalue weighted by molar-refractivity contribution is 9.10. The van der Waals surface area contributed by atoms with Crippen LogP contribution in [0.4, 0.5) is 0 Å². The monoisotopic (exact) mass is 352 g/mol. The van der Waals surface area contributed by atoms with Gasteiger partial charge in [0.2, 0.25) is 0 Å². The van der Waals surface area contributed by atoms with Crippen molar-refractivity contribution in [2.75, 3.05) is 5.75 Å². The van der Waals surface area contributed by atoms with E-state index in [1.807, 2.05) is 6.07 Å². The van der Waals surface area contributed by atoms with Crippen LogP contribution in [0.1, 0.15) is 35.2 Å². The normalized spacial score (nSPS) is 19.2. The molecule has 1 fully saturated rings. The Bertz CT molecular complexity index is 608. The number of Topliss-reactive ketones (excluding diaryl/α,β-unsaturated/α-hetero) is 3. The number of hydrogen-bond donors (Lipinski definition) is 0. The first-order chi connectivity index (χ1) is 9.59. The number of carbonyl (C=O) groups excluding carboxylic acids is 3. The Morgan fingerprint density at radius 3 is 2.55 bits per heavy atom. The topological polar surface area (TPSA) is 51.2 Å². The first-order valence-electron chi connectivity index (χ1n) is 6.63. The summed E-state index contributed by atoms with van der Waals surface area (Å²) in [6, 6.07) is 3.65. The first kappa shape index (κ1) is 14.0. The molecule has 0 radical (unpaired) electrons. The van der Waals surface area contributed by atoms with Crippen molar-refractivity contribution in [3.05, 3.63) is 27.7 Å². The fourth-order valence-corrected chi connectivity index (χ4v) is 4.72. The number of fused-ring (bicyclic) bond motifs is 1. The molecule has 0 unspecified atom stereocenters. The third-order valence-electron chi connectivity index (χ3n) is 3.83. The van der Waals surface area contributed by atoms with Gasteiger partial charge in [0.1, 0.15) is 5.92 Å². The van der Waals surface area contributed by atoms with Crippen LogP contribution >= 0.6 is 27.7 Å². The Hall–Kier alpha value is -0.940. The average Bonchev–Trinajstić information content (AvgIpc) is 2.88. The Balaban J connectivity index is 1.99. The van der Waals surface area contributed by atoms with E-state index >= 15 is 0 Å². The zero-order valence-corrected chi connectivity index (χ0v) is 13.2. The molecule has 1 saturated carbocycles. The molecule has 1 aliphatic heterocycles. The summed E-state index contributed by atoms with van der Waals surface area (Å²) in [6.07, 6.45) is 2.15. The number of benzene rings is 1. The van der Waals surface area contributed by atoms with Crippen molar-refractivity contribution < 1.29 is 14.4 Å². The lowest BCUT2D eigenvalue weighted by molar-refractivity contribution is -0.133. The van der Waals surface area contributed by atoms with E-state index in [-0.39, 0.29) is 17.3 Å². The maximum atomic E-state index is 12.6. The van der Waals surface area contributed by atoms with Crippen LogP contribution in [0, 0.1) is 5.92 Å². The summed E-state index contributed by atoms with van der Waals surface area (Å²) in [6.45, 7) is 0. The molecule has 2 aliphatic rings. The third kappa shape index (κ3) is 2.27. The van der Waals surface area contributed by atoms with Crippen molar-refractivity contribution in [3.63, 3.8) is 0 Å². The molecule has 0 bridgehead atoms. The zero-order valence-electron chi connectivity index (χ0n) is 10.8. The smallest absolute Gasteiger partial charge is 0.181 e. The van der Waals surface area contributed by atoms with Crippen molar-refractivity contribution >= 4 is 45.0 Å². The van der Waals surface area contributed by atoms with Gasteiger partial charge in [0.25, 0.3) is 0 Å². The summed E-state index contributed by atoms with van der Waals surface area (Å²) >= 11 is 5.25. The third-order valence-corrected chi connectivity index (χ3v) is 5.84. The van der Waals surface area contributed by atoms with Crippen molar-refractivity contribution in [1.29, 1.82) is 0 Å². The van der Waals surface area contributed by atoms with Gasteiger partial charge in [-0.2, -0.15) is 0 Å². The predicted molar refractivity (Wildman–Crippen MR) is 80.3 cm³/mol. The van der Waals surface area contributed by atoms with Crippen LogP contribution in [0.2, 0.25) is 0 Å². The molecule has 0 amide bonds. The lowest BCUT2D eigenvalue weighted by atomic mass is 9.81. The van der Waals surface area contributed by atoms with Gasteiger partial charge in [0, 0.05) is 33.5 Å². The van der Waals surface area contributed by atoms with E-state index in [2.05, 4.69) is 15.9 Å². The fraction of sp³-hybridized carbons (Fsp3) is 0.400. The Morgan fingerprint density at radius 1 is 1.15 bits per heavy atom. The van der Waals surface area contributed by atoms with Gasteiger partial charge in [-0.1, -0.05) is 0 Å². The summed E-state index contributed by atoms with van der Waals surface area (Å²) in [4.78, 5) is 37.5. The molecule has 0 N–H and O–H groups in total. The first-order valence-corrected chi connectivity index (χ1v) is 8.41. The molecule has 3 rings (SSSR count). The summed E-state index contributed by atoms with van der Waals surface area (Å²) < 4.78 is 0.760. The van der Waals surface area contributed by atoms with Gasteiger partial charge in [-0.15, -0.1) is 11.8 Å². The molecule has 1 aromatic carbocycles. The van der Waals surface area contributed by atoms with E-state index in [1.165, 1.54) is 4.90 Å². The summed E-state index contributed by atoms with van der Waals surface area (Å²) in [5, 5.41) is 0. The summed E-state index contributed by atoms with van der Waals surface area (Å²) in [5.41, 5.74) is 1.59. The molecular weight excluding hydrogens is 340 g/mol. The van der Waals surface area contributed by atoms with Gasteiger partial charge in [0.05, 0.1) is 0 Å². The van der Waals surface area contributed by atoms with Gasteiger partial charge in [-0.05, 0) is 46.5 Å². The second-order valence-corrected chi connectivity index (χ2v) is 7.02. The minimum Gasteiger partial charge on any atom is -0.298 e. The Labute approximate surface area is 129 Å². The Morgan fingerprint density at radius 2 is 1.85 bits per heavy atom. The minimum absolute atomic E-state index is 0.229. The molecule has 20 heavy (non-hydrogen) atoms. The van der Waals surface area contributed by atoms with E-state index in [9.17, 15) is 14.4 Å². The van der Waals surface area contributed by atoms with Crippen LogP contribution in [0.15, 0.2) is 21.5 Å². The van der Waals surface area contributed by atoms with Gasteiger partial charge in [-0.25, -0.2) is 0 Å². The van der Waals surface area contributed by atoms with Crippen LogP contribution in [0.25, 0.3) is 0 Å². The van der Waals surface area contributed by atoms with Crippen molar-refractivity contribution in [1.82, 2.24) is 0 Å². The van der Waals surface area contributed by atoms with Crippen LogP contribution in [-0.2, 0) is 16.0 Å². The van der Waals surface area contributed by atoms with Gasteiger partial charge in [0.15, 0.2) is 17.3 Å². The second kappa shape index (κ2) is 5.45. The quantitative estimate of drug-likeness (QED) is 0.605. The molecular formula is C15H13BrO3S. The maximum Gasteiger partial charge on any atom is 0.181 e. The van der Waals surface area contributed by atoms with Crippen LogP contribution in [-0.4, -0.2) is 23.1 Å². The van der Waals surface area contributed by atoms with Crippen molar-refractivity contribution in [3.8, 4) is 0 Å². The molecule has 0 aromatic heterocycles. The molecule has 104 valence electrons. The number of thioether (sulfide) groups is 1. The van der Waals surface area contributed by atoms with E-state index < -0.39 is 5.92 Å². The predicted octanol–water partition coefficient (Wildman–Crippen LogP) is 3.22. The molecule has 0 spiro atoms. The van der Waals surface area contributed by atoms with Crippen molar-refractivity contribution in [2.24, 2.45) is 5.92 Å². The molecule has 1 aliphatic carbocycles. The minimum atomic E-state index is -1.08. The standard InChI is InChI=1S/C15H13BrO3S/c16-14-8-6-7-20-12(8)5-4-9(14)15(19)13-10(17)2-1-3-11(13)18/h4-5,13H,1-3,6-7H2. The number of halogens is 1. The highest BCUT2D eigenvalue weighted by Crippen LogP contribution is 2.38. The van der Waals surface area contributed by atoms with Crippen LogP contribution in [0.3, 0.4) is 0 Å². The number of carbonyl (C=O) groups is 3. The lowest BCUT2D eigenvalue weighted by Gasteiger charge is -2.19. The highest BCUT2D eigenvalue weighted by Gasteiger charge is 2.37. The number of rotatable bonds is 2. The molecule has 1 aromatic rings. The molecule has 0 saturated heterocycles. The molecule has 5 heteroatoms. The fourth-order valence-electron chi connectivity index (χ4n) is 2.78. The van der Waals surface area contributed by atoms with E-state index in [4.69, 9.17) is 0 Å². The van der Waals surface area contributed by atoms with Gasteiger partial charge < -0.3 is 0 Å². The lowest BCUT2D eigenvalue weighted by Crippen LogP contribution is -2.35. The van der Waals surface area contributed by atoms with E-state index in [0.29, 0.717) is 24.8 Å². The number of hydrogen-bond acceptors (Lipinski definition) is 4. The molecule has 0 atom stereocenters. The summed E-state index contributed by atoms with van der Waals surface area (Å²) in [7, 11) is 0. The van der Waals surface area contributed by atoms with Gasteiger partial charge >= 0.3 is 0 Å². The van der Waals surface area contributed by atoms with Crippen LogP contribution in [0.5, 0.6) is 0 Å². The number of ketones is 3. The van der Waals surface area contributed by atoms with Crippen LogP contribution < -0.4 is 0 Å². The largest absolute Gasteiger partial charge is 0.298 e.